The zero-order chi connectivity index (χ0) is 21.3. The first kappa shape index (κ1) is 21.7. The van der Waals surface area contributed by atoms with Crippen molar-refractivity contribution < 1.29 is 14.5 Å². The zero-order valence-corrected chi connectivity index (χ0v) is 18.2. The van der Waals surface area contributed by atoms with Crippen LogP contribution in [0.25, 0.3) is 0 Å². The lowest BCUT2D eigenvalue weighted by molar-refractivity contribution is -0.910. The molecule has 0 spiro atoms. The molecule has 3 rings (SSSR count). The van der Waals surface area contributed by atoms with E-state index in [4.69, 9.17) is 0 Å². The van der Waals surface area contributed by atoms with Gasteiger partial charge in [-0.3, -0.25) is 9.59 Å². The van der Waals surface area contributed by atoms with Crippen molar-refractivity contribution in [3.63, 3.8) is 0 Å². The van der Waals surface area contributed by atoms with Crippen LogP contribution in [-0.4, -0.2) is 24.9 Å². The predicted molar refractivity (Wildman–Crippen MR) is 122 cm³/mol. The second-order valence-electron chi connectivity index (χ2n) is 7.09. The molecule has 3 N–H and O–H groups in total. The van der Waals surface area contributed by atoms with Gasteiger partial charge in [0.15, 0.2) is 0 Å². The fraction of sp³-hybridized carbons (Fsp3) is 0.250. The van der Waals surface area contributed by atoms with Crippen LogP contribution in [0.5, 0.6) is 0 Å². The second-order valence-corrected chi connectivity index (χ2v) is 8.04. The molecule has 1 aromatic heterocycles. The average molecular weight is 423 g/mol. The van der Waals surface area contributed by atoms with E-state index in [1.165, 1.54) is 21.8 Å². The van der Waals surface area contributed by atoms with E-state index in [-0.39, 0.29) is 11.8 Å². The van der Waals surface area contributed by atoms with Gasteiger partial charge in [-0.2, -0.15) is 0 Å². The molecule has 0 radical (unpaired) electrons. The molecule has 0 aliphatic rings. The summed E-state index contributed by atoms with van der Waals surface area (Å²) in [6.07, 6.45) is 0. The first-order valence-corrected chi connectivity index (χ1v) is 11.1. The molecular weight excluding hydrogens is 394 g/mol. The monoisotopic (exact) mass is 422 g/mol. The minimum absolute atomic E-state index is 0.129. The molecule has 3 aromatic rings. The van der Waals surface area contributed by atoms with Crippen molar-refractivity contribution in [3.8, 4) is 0 Å². The van der Waals surface area contributed by atoms with Crippen molar-refractivity contribution in [1.82, 2.24) is 5.32 Å². The molecule has 0 atom stereocenters. The van der Waals surface area contributed by atoms with E-state index >= 15 is 0 Å². The lowest BCUT2D eigenvalue weighted by Crippen LogP contribution is -3.10. The molecule has 0 bridgehead atoms. The predicted octanol–water partition coefficient (Wildman–Crippen LogP) is 3.36. The van der Waals surface area contributed by atoms with Crippen LogP contribution in [0.15, 0.2) is 66.0 Å². The molecule has 0 fully saturated rings. The lowest BCUT2D eigenvalue weighted by atomic mass is 10.1. The van der Waals surface area contributed by atoms with Crippen LogP contribution in [0, 0.1) is 0 Å². The standard InChI is InChI=1S/C24H27N3O2S/c1-3-27(4-2)17-20-9-6-5-8-19(20)16-25-23(28)18-11-13-21(14-12-18)26-24(29)22-10-7-15-30-22/h5-15H,3-4,16-17H2,1-2H3,(H,25,28)(H,26,29)/p+1. The number of quaternary nitrogens is 1. The van der Waals surface area contributed by atoms with Gasteiger partial charge in [0, 0.05) is 23.4 Å². The van der Waals surface area contributed by atoms with Gasteiger partial charge < -0.3 is 15.5 Å². The van der Waals surface area contributed by atoms with Gasteiger partial charge in [0.25, 0.3) is 11.8 Å². The van der Waals surface area contributed by atoms with Gasteiger partial charge in [-0.25, -0.2) is 0 Å². The fourth-order valence-corrected chi connectivity index (χ4v) is 3.87. The van der Waals surface area contributed by atoms with Crippen LogP contribution < -0.4 is 15.5 Å². The van der Waals surface area contributed by atoms with E-state index in [9.17, 15) is 9.59 Å². The fourth-order valence-electron chi connectivity index (χ4n) is 3.25. The van der Waals surface area contributed by atoms with Crippen LogP contribution in [0.3, 0.4) is 0 Å². The van der Waals surface area contributed by atoms with Crippen molar-refractivity contribution in [2.75, 3.05) is 18.4 Å². The molecule has 0 saturated heterocycles. The molecule has 2 aromatic carbocycles. The quantitative estimate of drug-likeness (QED) is 0.495. The summed E-state index contributed by atoms with van der Waals surface area (Å²) in [4.78, 5) is 26.9. The Morgan fingerprint density at radius 1 is 0.867 bits per heavy atom. The van der Waals surface area contributed by atoms with Crippen molar-refractivity contribution in [1.29, 1.82) is 0 Å². The third kappa shape index (κ3) is 5.78. The maximum Gasteiger partial charge on any atom is 0.265 e. The summed E-state index contributed by atoms with van der Waals surface area (Å²) in [5.41, 5.74) is 3.64. The zero-order valence-electron chi connectivity index (χ0n) is 17.4. The largest absolute Gasteiger partial charge is 0.348 e. The highest BCUT2D eigenvalue weighted by molar-refractivity contribution is 7.12. The second kappa shape index (κ2) is 10.7. The number of benzene rings is 2. The Bertz CT molecular complexity index is 964. The highest BCUT2D eigenvalue weighted by Crippen LogP contribution is 2.15. The molecule has 0 aliphatic heterocycles. The van der Waals surface area contributed by atoms with Gasteiger partial charge in [-0.1, -0.05) is 30.3 Å². The van der Waals surface area contributed by atoms with Crippen molar-refractivity contribution in [2.45, 2.75) is 26.9 Å². The van der Waals surface area contributed by atoms with Crippen LogP contribution in [0.2, 0.25) is 0 Å². The molecule has 1 heterocycles. The SMILES string of the molecule is CC[NH+](CC)Cc1ccccc1CNC(=O)c1ccc(NC(=O)c2cccs2)cc1. The van der Waals surface area contributed by atoms with Crippen molar-refractivity contribution in [3.05, 3.63) is 87.6 Å². The van der Waals surface area contributed by atoms with Gasteiger partial charge in [0.05, 0.1) is 18.0 Å². The van der Waals surface area contributed by atoms with Crippen molar-refractivity contribution in [2.24, 2.45) is 0 Å². The highest BCUT2D eigenvalue weighted by atomic mass is 32.1. The van der Waals surface area contributed by atoms with E-state index in [0.29, 0.717) is 22.7 Å². The molecular formula is C24H28N3O2S+. The van der Waals surface area contributed by atoms with Gasteiger partial charge in [-0.15, -0.1) is 11.3 Å². The van der Waals surface area contributed by atoms with Crippen molar-refractivity contribution >= 4 is 28.8 Å². The Labute approximate surface area is 181 Å². The third-order valence-electron chi connectivity index (χ3n) is 5.15. The summed E-state index contributed by atoms with van der Waals surface area (Å²) < 4.78 is 0. The first-order chi connectivity index (χ1) is 14.6. The van der Waals surface area contributed by atoms with Gasteiger partial charge in [-0.05, 0) is 55.1 Å². The first-order valence-electron chi connectivity index (χ1n) is 10.2. The number of thiophene rings is 1. The number of carbonyl (C=O) groups is 2. The highest BCUT2D eigenvalue weighted by Gasteiger charge is 2.12. The van der Waals surface area contributed by atoms with Crippen LogP contribution in [-0.2, 0) is 13.1 Å². The third-order valence-corrected chi connectivity index (χ3v) is 6.02. The summed E-state index contributed by atoms with van der Waals surface area (Å²) in [6, 6.07) is 18.8. The summed E-state index contributed by atoms with van der Waals surface area (Å²) in [7, 11) is 0. The Kier molecular flexibility index (Phi) is 7.76. The van der Waals surface area contributed by atoms with Gasteiger partial charge in [0.1, 0.15) is 6.54 Å². The molecule has 5 nitrogen and oxygen atoms in total. The minimum atomic E-state index is -0.144. The Hall–Kier alpha value is -2.96. The van der Waals surface area contributed by atoms with Crippen LogP contribution >= 0.6 is 11.3 Å². The Morgan fingerprint density at radius 2 is 1.57 bits per heavy atom. The molecule has 6 heteroatoms. The lowest BCUT2D eigenvalue weighted by Gasteiger charge is -2.18. The normalized spacial score (nSPS) is 10.8. The number of anilines is 1. The van der Waals surface area contributed by atoms with E-state index in [0.717, 1.165) is 25.2 Å². The molecule has 2 amide bonds. The van der Waals surface area contributed by atoms with Crippen LogP contribution in [0.1, 0.15) is 45.0 Å². The summed E-state index contributed by atoms with van der Waals surface area (Å²) in [5.74, 6) is -0.273. The van der Waals surface area contributed by atoms with Gasteiger partial charge >= 0.3 is 0 Å². The molecule has 0 unspecified atom stereocenters. The number of rotatable bonds is 9. The number of carbonyl (C=O) groups excluding carboxylic acids is 2. The number of hydrogen-bond acceptors (Lipinski definition) is 3. The summed E-state index contributed by atoms with van der Waals surface area (Å²) in [6.45, 7) is 7.98. The molecule has 0 saturated carbocycles. The maximum atomic E-state index is 12.6. The van der Waals surface area contributed by atoms with E-state index in [1.54, 1.807) is 30.3 Å². The van der Waals surface area contributed by atoms with Crippen LogP contribution in [0.4, 0.5) is 5.69 Å². The van der Waals surface area contributed by atoms with E-state index < -0.39 is 0 Å². The van der Waals surface area contributed by atoms with E-state index in [2.05, 4.69) is 36.6 Å². The number of hydrogen-bond donors (Lipinski definition) is 3. The van der Waals surface area contributed by atoms with E-state index in [1.807, 2.05) is 23.6 Å². The minimum Gasteiger partial charge on any atom is -0.348 e. The smallest absolute Gasteiger partial charge is 0.265 e. The average Bonchev–Trinajstić information content (AvgIpc) is 3.32. The van der Waals surface area contributed by atoms with Gasteiger partial charge in [0.2, 0.25) is 0 Å². The number of nitrogens with one attached hydrogen (secondary N) is 3. The molecule has 0 aliphatic carbocycles. The summed E-state index contributed by atoms with van der Waals surface area (Å²) in [5, 5.41) is 7.72. The number of amides is 2. The Morgan fingerprint density at radius 3 is 2.20 bits per heavy atom. The maximum absolute atomic E-state index is 12.6. The Balaban J connectivity index is 1.58. The molecule has 156 valence electrons. The molecule has 30 heavy (non-hydrogen) atoms. The summed E-state index contributed by atoms with van der Waals surface area (Å²) >= 11 is 1.39. The topological polar surface area (TPSA) is 62.6 Å².